The van der Waals surface area contributed by atoms with E-state index in [1.54, 1.807) is 19.1 Å². The van der Waals surface area contributed by atoms with Crippen LogP contribution in [-0.2, 0) is 0 Å². The Hall–Kier alpha value is -2.67. The van der Waals surface area contributed by atoms with Gasteiger partial charge in [-0.05, 0) is 57.2 Å². The minimum atomic E-state index is 0.126. The quantitative estimate of drug-likeness (QED) is 0.684. The third-order valence-corrected chi connectivity index (χ3v) is 6.23. The van der Waals surface area contributed by atoms with Gasteiger partial charge in [0.2, 0.25) is 0 Å². The van der Waals surface area contributed by atoms with E-state index in [2.05, 4.69) is 39.2 Å². The number of benzene rings is 1. The maximum atomic E-state index is 10.4. The first-order valence-electron chi connectivity index (χ1n) is 10.4. The number of aromatic hydroxyl groups is 1. The van der Waals surface area contributed by atoms with Crippen molar-refractivity contribution >= 4 is 16.9 Å². The second kappa shape index (κ2) is 6.69. The molecule has 1 aliphatic heterocycles. The van der Waals surface area contributed by atoms with Gasteiger partial charge in [-0.25, -0.2) is 4.98 Å². The lowest BCUT2D eigenvalue weighted by molar-refractivity contribution is 0.305. The van der Waals surface area contributed by atoms with E-state index in [9.17, 15) is 5.11 Å². The average molecular weight is 393 g/mol. The molecular formula is C22H27N5O2. The number of nitrogens with zero attached hydrogens (tertiary/aromatic N) is 4. The van der Waals surface area contributed by atoms with Gasteiger partial charge in [-0.15, -0.1) is 10.2 Å². The summed E-state index contributed by atoms with van der Waals surface area (Å²) < 4.78 is 5.58. The largest absolute Gasteiger partial charge is 0.507 e. The molecule has 152 valence electrons. The first kappa shape index (κ1) is 18.4. The Morgan fingerprint density at radius 1 is 1.17 bits per heavy atom. The van der Waals surface area contributed by atoms with Crippen LogP contribution in [0.5, 0.6) is 5.75 Å². The van der Waals surface area contributed by atoms with Gasteiger partial charge in [-0.1, -0.05) is 0 Å². The topological polar surface area (TPSA) is 87.3 Å². The van der Waals surface area contributed by atoms with E-state index in [0.717, 1.165) is 31.2 Å². The van der Waals surface area contributed by atoms with Crippen molar-refractivity contribution in [3.8, 4) is 17.0 Å². The zero-order chi connectivity index (χ0) is 20.2. The lowest BCUT2D eigenvalue weighted by atomic mass is 9.97. The summed E-state index contributed by atoms with van der Waals surface area (Å²) in [5.74, 6) is 2.38. The van der Waals surface area contributed by atoms with E-state index in [1.807, 2.05) is 12.1 Å². The number of hydrogen-bond acceptors (Lipinski definition) is 7. The Kier molecular flexibility index (Phi) is 4.24. The highest BCUT2D eigenvalue weighted by Gasteiger charge is 2.40. The minimum absolute atomic E-state index is 0.126. The van der Waals surface area contributed by atoms with Crippen LogP contribution >= 0.6 is 0 Å². The number of hydrogen-bond donors (Lipinski definition) is 2. The van der Waals surface area contributed by atoms with Crippen molar-refractivity contribution in [1.29, 1.82) is 0 Å². The Morgan fingerprint density at radius 3 is 2.72 bits per heavy atom. The number of rotatable bonds is 5. The number of oxazole rings is 1. The van der Waals surface area contributed by atoms with Gasteiger partial charge in [0.15, 0.2) is 17.3 Å². The van der Waals surface area contributed by atoms with Crippen LogP contribution in [0.2, 0.25) is 0 Å². The first-order chi connectivity index (χ1) is 13.9. The fourth-order valence-corrected chi connectivity index (χ4v) is 4.46. The Bertz CT molecular complexity index is 1040. The van der Waals surface area contributed by atoms with Crippen LogP contribution in [0.4, 0.5) is 5.82 Å². The highest BCUT2D eigenvalue weighted by atomic mass is 16.3. The van der Waals surface area contributed by atoms with Crippen molar-refractivity contribution in [1.82, 2.24) is 20.5 Å². The molecule has 7 heteroatoms. The fraction of sp³-hybridized carbons (Fsp3) is 0.500. The van der Waals surface area contributed by atoms with Crippen molar-refractivity contribution in [2.75, 3.05) is 18.0 Å². The second-order valence-electron chi connectivity index (χ2n) is 8.92. The van der Waals surface area contributed by atoms with E-state index in [4.69, 9.17) is 4.42 Å². The van der Waals surface area contributed by atoms with Crippen LogP contribution in [0.3, 0.4) is 0 Å². The fourth-order valence-electron chi connectivity index (χ4n) is 4.46. The van der Waals surface area contributed by atoms with Gasteiger partial charge in [0.25, 0.3) is 0 Å². The van der Waals surface area contributed by atoms with Crippen molar-refractivity contribution in [3.63, 3.8) is 0 Å². The molecule has 7 nitrogen and oxygen atoms in total. The SMILES string of the molecule is Cc1nc2cc(O)c(-c3ccc(N4CCC(NC(C)(C)C5CC5)C4)nn3)cc2o1. The van der Waals surface area contributed by atoms with E-state index >= 15 is 0 Å². The predicted molar refractivity (Wildman–Crippen MR) is 112 cm³/mol. The van der Waals surface area contributed by atoms with Crippen LogP contribution in [0.15, 0.2) is 28.7 Å². The highest BCUT2D eigenvalue weighted by Crippen LogP contribution is 2.40. The molecule has 1 aromatic carbocycles. The van der Waals surface area contributed by atoms with Crippen molar-refractivity contribution in [2.24, 2.45) is 5.92 Å². The molecule has 3 heterocycles. The smallest absolute Gasteiger partial charge is 0.192 e. The van der Waals surface area contributed by atoms with E-state index in [0.29, 0.717) is 34.3 Å². The molecule has 2 fully saturated rings. The predicted octanol–water partition coefficient (Wildman–Crippen LogP) is 3.66. The first-order valence-corrected chi connectivity index (χ1v) is 10.4. The molecule has 0 radical (unpaired) electrons. The molecule has 2 aromatic heterocycles. The zero-order valence-corrected chi connectivity index (χ0v) is 17.1. The number of aromatic nitrogens is 3. The van der Waals surface area contributed by atoms with Crippen LogP contribution < -0.4 is 10.2 Å². The van der Waals surface area contributed by atoms with Crippen molar-refractivity contribution < 1.29 is 9.52 Å². The van der Waals surface area contributed by atoms with E-state index in [-0.39, 0.29) is 11.3 Å². The highest BCUT2D eigenvalue weighted by molar-refractivity contribution is 5.83. The van der Waals surface area contributed by atoms with Crippen LogP contribution in [0.25, 0.3) is 22.4 Å². The van der Waals surface area contributed by atoms with Gasteiger partial charge < -0.3 is 19.7 Å². The monoisotopic (exact) mass is 393 g/mol. The summed E-state index contributed by atoms with van der Waals surface area (Å²) >= 11 is 0. The molecule has 1 atom stereocenters. The zero-order valence-electron chi connectivity index (χ0n) is 17.1. The standard InChI is InChI=1S/C22H27N5O2/c1-13-23-18-11-19(28)16(10-20(18)29-13)17-6-7-21(26-25-17)27-9-8-15(12-27)24-22(2,3)14-4-5-14/h6-7,10-11,14-15,24,28H,4-5,8-9,12H2,1-3H3. The summed E-state index contributed by atoms with van der Waals surface area (Å²) in [4.78, 5) is 6.52. The molecule has 1 aliphatic carbocycles. The molecule has 0 amide bonds. The number of anilines is 1. The molecule has 0 bridgehead atoms. The number of nitrogens with one attached hydrogen (secondary N) is 1. The van der Waals surface area contributed by atoms with Gasteiger partial charge in [0.05, 0.1) is 5.69 Å². The lowest BCUT2D eigenvalue weighted by Gasteiger charge is -2.30. The van der Waals surface area contributed by atoms with Gasteiger partial charge in [-0.3, -0.25) is 0 Å². The molecule has 5 rings (SSSR count). The lowest BCUT2D eigenvalue weighted by Crippen LogP contribution is -2.48. The Balaban J connectivity index is 1.31. The van der Waals surface area contributed by atoms with Crippen LogP contribution in [0, 0.1) is 12.8 Å². The van der Waals surface area contributed by atoms with Crippen LogP contribution in [0.1, 0.15) is 39.0 Å². The molecule has 0 spiro atoms. The van der Waals surface area contributed by atoms with Crippen molar-refractivity contribution in [3.05, 3.63) is 30.2 Å². The summed E-state index contributed by atoms with van der Waals surface area (Å²) in [5.41, 5.74) is 2.70. The molecule has 2 aliphatic rings. The normalized spacial score (nSPS) is 20.0. The Morgan fingerprint density at radius 2 is 2.00 bits per heavy atom. The molecular weight excluding hydrogens is 366 g/mol. The summed E-state index contributed by atoms with van der Waals surface area (Å²) in [6.07, 6.45) is 3.80. The molecule has 2 N–H and O–H groups in total. The molecule has 3 aromatic rings. The molecule has 1 unspecified atom stereocenters. The summed E-state index contributed by atoms with van der Waals surface area (Å²) in [5, 5.41) is 23.0. The van der Waals surface area contributed by atoms with Gasteiger partial charge >= 0.3 is 0 Å². The van der Waals surface area contributed by atoms with E-state index < -0.39 is 0 Å². The number of phenols is 1. The van der Waals surface area contributed by atoms with Crippen molar-refractivity contribution in [2.45, 2.75) is 51.6 Å². The summed E-state index contributed by atoms with van der Waals surface area (Å²) in [7, 11) is 0. The number of aryl methyl sites for hydroxylation is 1. The number of fused-ring (bicyclic) bond motifs is 1. The molecule has 1 saturated heterocycles. The summed E-state index contributed by atoms with van der Waals surface area (Å²) in [6, 6.07) is 7.74. The third kappa shape index (κ3) is 3.55. The summed E-state index contributed by atoms with van der Waals surface area (Å²) in [6.45, 7) is 8.34. The molecule has 29 heavy (non-hydrogen) atoms. The third-order valence-electron chi connectivity index (χ3n) is 6.23. The van der Waals surface area contributed by atoms with E-state index in [1.165, 1.54) is 12.8 Å². The maximum absolute atomic E-state index is 10.4. The van der Waals surface area contributed by atoms with Gasteiger partial charge in [0, 0.05) is 43.2 Å². The molecule has 1 saturated carbocycles. The van der Waals surface area contributed by atoms with Gasteiger partial charge in [-0.2, -0.15) is 0 Å². The maximum Gasteiger partial charge on any atom is 0.192 e. The van der Waals surface area contributed by atoms with Gasteiger partial charge in [0.1, 0.15) is 11.3 Å². The second-order valence-corrected chi connectivity index (χ2v) is 8.92. The average Bonchev–Trinajstić information content (AvgIpc) is 3.36. The van der Waals surface area contributed by atoms with Crippen LogP contribution in [-0.4, -0.2) is 45.0 Å². The Labute approximate surface area is 170 Å². The number of phenolic OH excluding ortho intramolecular Hbond substituents is 1. The minimum Gasteiger partial charge on any atom is -0.507 e.